The van der Waals surface area contributed by atoms with Crippen molar-refractivity contribution in [1.82, 2.24) is 5.32 Å². The van der Waals surface area contributed by atoms with Crippen LogP contribution >= 0.6 is 11.6 Å². The summed E-state index contributed by atoms with van der Waals surface area (Å²) in [5.74, 6) is -1.09. The zero-order valence-corrected chi connectivity index (χ0v) is 13.6. The van der Waals surface area contributed by atoms with E-state index in [1.54, 1.807) is 0 Å². The van der Waals surface area contributed by atoms with Crippen molar-refractivity contribution in [3.63, 3.8) is 0 Å². The number of benzene rings is 1. The molecule has 21 heavy (non-hydrogen) atoms. The Hall–Kier alpha value is -1.34. The van der Waals surface area contributed by atoms with Gasteiger partial charge in [-0.3, -0.25) is 9.10 Å². The summed E-state index contributed by atoms with van der Waals surface area (Å²) in [7, 11) is -3.69. The molecule has 8 heteroatoms. The first-order valence-electron chi connectivity index (χ1n) is 6.37. The van der Waals surface area contributed by atoms with Crippen LogP contribution in [0.25, 0.3) is 0 Å². The van der Waals surface area contributed by atoms with Gasteiger partial charge in [0.25, 0.3) is 0 Å². The van der Waals surface area contributed by atoms with E-state index in [1.165, 1.54) is 12.1 Å². The van der Waals surface area contributed by atoms with Gasteiger partial charge in [-0.2, -0.15) is 0 Å². The molecule has 0 aromatic heterocycles. The predicted molar refractivity (Wildman–Crippen MR) is 81.5 cm³/mol. The fourth-order valence-electron chi connectivity index (χ4n) is 1.59. The minimum absolute atomic E-state index is 0.0595. The van der Waals surface area contributed by atoms with E-state index >= 15 is 0 Å². The monoisotopic (exact) mass is 336 g/mol. The number of amides is 1. The summed E-state index contributed by atoms with van der Waals surface area (Å²) < 4.78 is 37.7. The fourth-order valence-corrected chi connectivity index (χ4v) is 2.62. The Kier molecular flexibility index (Phi) is 5.98. The van der Waals surface area contributed by atoms with Gasteiger partial charge in [0.2, 0.25) is 15.9 Å². The van der Waals surface area contributed by atoms with Crippen LogP contribution in [0.2, 0.25) is 5.02 Å². The maximum atomic E-state index is 13.2. The molecule has 0 saturated carbocycles. The quantitative estimate of drug-likeness (QED) is 0.865. The highest BCUT2D eigenvalue weighted by Gasteiger charge is 2.22. The maximum absolute atomic E-state index is 13.2. The smallest absolute Gasteiger partial charge is 0.240 e. The Morgan fingerprint density at radius 2 is 2.10 bits per heavy atom. The molecule has 0 aliphatic carbocycles. The van der Waals surface area contributed by atoms with Gasteiger partial charge in [-0.1, -0.05) is 18.5 Å². The number of carbonyl (C=O) groups is 1. The molecule has 118 valence electrons. The first-order valence-corrected chi connectivity index (χ1v) is 8.60. The molecule has 1 amide bonds. The highest BCUT2D eigenvalue weighted by molar-refractivity contribution is 7.92. The van der Waals surface area contributed by atoms with Crippen molar-refractivity contribution < 1.29 is 17.6 Å². The summed E-state index contributed by atoms with van der Waals surface area (Å²) >= 11 is 5.65. The second-order valence-corrected chi connectivity index (χ2v) is 7.06. The van der Waals surface area contributed by atoms with E-state index in [4.69, 9.17) is 11.6 Å². The number of hydrogen-bond donors (Lipinski definition) is 1. The summed E-state index contributed by atoms with van der Waals surface area (Å²) in [4.78, 5) is 11.9. The van der Waals surface area contributed by atoms with Crippen molar-refractivity contribution in [2.75, 3.05) is 17.1 Å². The Balaban J connectivity index is 3.02. The minimum atomic E-state index is -3.69. The molecule has 1 rings (SSSR count). The number of carbonyl (C=O) groups excluding carboxylic acids is 1. The summed E-state index contributed by atoms with van der Waals surface area (Å²) in [6, 6.07) is 3.44. The zero-order chi connectivity index (χ0) is 16.2. The van der Waals surface area contributed by atoms with Gasteiger partial charge in [0.15, 0.2) is 0 Å². The van der Waals surface area contributed by atoms with Crippen LogP contribution in [0, 0.1) is 5.82 Å². The maximum Gasteiger partial charge on any atom is 0.240 e. The molecule has 0 unspecified atom stereocenters. The Labute approximate surface area is 129 Å². The number of halogens is 2. The molecule has 0 fully saturated rings. The van der Waals surface area contributed by atoms with Crippen LogP contribution < -0.4 is 9.62 Å². The van der Waals surface area contributed by atoms with Crippen molar-refractivity contribution in [2.45, 2.75) is 26.3 Å². The van der Waals surface area contributed by atoms with Gasteiger partial charge < -0.3 is 5.32 Å². The van der Waals surface area contributed by atoms with Crippen LogP contribution in [-0.2, 0) is 14.8 Å². The Bertz CT molecular complexity index is 622. The van der Waals surface area contributed by atoms with Crippen LogP contribution in [0.15, 0.2) is 18.2 Å². The summed E-state index contributed by atoms with van der Waals surface area (Å²) in [5.41, 5.74) is 0.142. The Morgan fingerprint density at radius 3 is 2.57 bits per heavy atom. The Morgan fingerprint density at radius 1 is 1.48 bits per heavy atom. The van der Waals surface area contributed by atoms with Gasteiger partial charge in [0.1, 0.15) is 12.4 Å². The molecule has 1 aromatic rings. The molecular formula is C13H18ClFN2O3S. The van der Waals surface area contributed by atoms with E-state index in [2.05, 4.69) is 5.32 Å². The van der Waals surface area contributed by atoms with Crippen molar-refractivity contribution in [1.29, 1.82) is 0 Å². The van der Waals surface area contributed by atoms with E-state index in [1.807, 2.05) is 13.8 Å². The fraction of sp³-hybridized carbons (Fsp3) is 0.462. The first-order chi connectivity index (χ1) is 9.65. The van der Waals surface area contributed by atoms with E-state index in [-0.39, 0.29) is 23.3 Å². The molecule has 1 aromatic carbocycles. The van der Waals surface area contributed by atoms with Gasteiger partial charge in [0, 0.05) is 6.04 Å². The van der Waals surface area contributed by atoms with Crippen molar-refractivity contribution in [2.24, 2.45) is 0 Å². The first kappa shape index (κ1) is 17.7. The number of rotatable bonds is 6. The topological polar surface area (TPSA) is 66.5 Å². The van der Waals surface area contributed by atoms with Gasteiger partial charge in [0.05, 0.1) is 17.0 Å². The molecule has 1 atom stereocenters. The molecule has 0 heterocycles. The summed E-state index contributed by atoms with van der Waals surface area (Å²) in [5, 5.41) is 2.47. The second kappa shape index (κ2) is 7.09. The van der Waals surface area contributed by atoms with Crippen LogP contribution in [-0.4, -0.2) is 33.2 Å². The third-order valence-electron chi connectivity index (χ3n) is 2.90. The summed E-state index contributed by atoms with van der Waals surface area (Å²) in [6.45, 7) is 3.33. The van der Waals surface area contributed by atoms with Crippen molar-refractivity contribution >= 4 is 33.2 Å². The van der Waals surface area contributed by atoms with E-state index in [0.717, 1.165) is 23.0 Å². The average Bonchev–Trinajstić information content (AvgIpc) is 2.38. The number of nitrogens with one attached hydrogen (secondary N) is 1. The van der Waals surface area contributed by atoms with E-state index in [0.29, 0.717) is 0 Å². The highest BCUT2D eigenvalue weighted by Crippen LogP contribution is 2.24. The van der Waals surface area contributed by atoms with E-state index < -0.39 is 21.7 Å². The third kappa shape index (κ3) is 5.17. The molecule has 5 nitrogen and oxygen atoms in total. The van der Waals surface area contributed by atoms with Crippen LogP contribution in [0.1, 0.15) is 20.3 Å². The van der Waals surface area contributed by atoms with Gasteiger partial charge in [-0.05, 0) is 31.5 Å². The average molecular weight is 337 g/mol. The van der Waals surface area contributed by atoms with Crippen LogP contribution in [0.5, 0.6) is 0 Å². The number of nitrogens with zero attached hydrogens (tertiary/aromatic N) is 1. The lowest BCUT2D eigenvalue weighted by molar-refractivity contribution is -0.120. The lowest BCUT2D eigenvalue weighted by Crippen LogP contribution is -2.43. The zero-order valence-electron chi connectivity index (χ0n) is 12.1. The van der Waals surface area contributed by atoms with E-state index in [9.17, 15) is 17.6 Å². The third-order valence-corrected chi connectivity index (χ3v) is 4.33. The van der Waals surface area contributed by atoms with Gasteiger partial charge in [-0.25, -0.2) is 12.8 Å². The number of hydrogen-bond acceptors (Lipinski definition) is 3. The van der Waals surface area contributed by atoms with Crippen molar-refractivity contribution in [3.8, 4) is 0 Å². The molecule has 0 spiro atoms. The molecule has 0 bridgehead atoms. The number of anilines is 1. The standard InChI is InChI=1S/C13H18ClFN2O3S/c1-4-9(2)16-13(18)8-17(21(3,19)20)10-5-6-12(15)11(14)7-10/h5-7,9H,4,8H2,1-3H3,(H,16,18)/t9-/m1/s1. The SMILES string of the molecule is CC[C@@H](C)NC(=O)CN(c1ccc(F)c(Cl)c1)S(C)(=O)=O. The minimum Gasteiger partial charge on any atom is -0.352 e. The van der Waals surface area contributed by atoms with Gasteiger partial charge in [-0.15, -0.1) is 0 Å². The molecule has 0 aliphatic heterocycles. The largest absolute Gasteiger partial charge is 0.352 e. The van der Waals surface area contributed by atoms with Crippen LogP contribution in [0.3, 0.4) is 0 Å². The second-order valence-electron chi connectivity index (χ2n) is 4.74. The molecule has 0 radical (unpaired) electrons. The lowest BCUT2D eigenvalue weighted by atomic mass is 10.2. The molecule has 1 N–H and O–H groups in total. The lowest BCUT2D eigenvalue weighted by Gasteiger charge is -2.23. The highest BCUT2D eigenvalue weighted by atomic mass is 35.5. The summed E-state index contributed by atoms with van der Waals surface area (Å²) in [6.07, 6.45) is 1.70. The normalized spacial score (nSPS) is 12.8. The van der Waals surface area contributed by atoms with Gasteiger partial charge >= 0.3 is 0 Å². The van der Waals surface area contributed by atoms with Crippen LogP contribution in [0.4, 0.5) is 10.1 Å². The molecule has 0 aliphatic rings. The number of sulfonamides is 1. The molecular weight excluding hydrogens is 319 g/mol. The predicted octanol–water partition coefficient (Wildman–Crippen LogP) is 2.16. The molecule has 0 saturated heterocycles. The van der Waals surface area contributed by atoms with Crippen molar-refractivity contribution in [3.05, 3.63) is 29.0 Å².